The number of pyridine rings is 1. The van der Waals surface area contributed by atoms with Gasteiger partial charge in [-0.1, -0.05) is 42.2 Å². The van der Waals surface area contributed by atoms with E-state index in [0.717, 1.165) is 61.3 Å². The second-order valence-electron chi connectivity index (χ2n) is 9.07. The Morgan fingerprint density at radius 3 is 2.61 bits per heavy atom. The maximum atomic E-state index is 11.9. The molecule has 1 aliphatic carbocycles. The summed E-state index contributed by atoms with van der Waals surface area (Å²) in [7, 11) is 0. The second kappa shape index (κ2) is 8.42. The van der Waals surface area contributed by atoms with Gasteiger partial charge in [0.05, 0.1) is 11.4 Å². The van der Waals surface area contributed by atoms with Crippen molar-refractivity contribution in [2.45, 2.75) is 44.1 Å². The molecule has 0 radical (unpaired) electrons. The van der Waals surface area contributed by atoms with E-state index in [-0.39, 0.29) is 11.7 Å². The van der Waals surface area contributed by atoms with Crippen LogP contribution in [-0.4, -0.2) is 46.0 Å². The van der Waals surface area contributed by atoms with Crippen LogP contribution in [-0.2, 0) is 11.2 Å². The molecule has 0 spiro atoms. The van der Waals surface area contributed by atoms with E-state index in [1.54, 1.807) is 6.08 Å². The molecule has 2 bridgehead atoms. The number of rotatable bonds is 3. The fourth-order valence-electron chi connectivity index (χ4n) is 5.07. The monoisotopic (exact) mass is 412 g/mol. The van der Waals surface area contributed by atoms with E-state index < -0.39 is 5.60 Å². The highest BCUT2D eigenvalue weighted by Crippen LogP contribution is 2.35. The van der Waals surface area contributed by atoms with Crippen molar-refractivity contribution < 1.29 is 9.90 Å². The molecular formula is C27H28N2O2. The molecule has 1 aromatic heterocycles. The molecule has 1 aromatic carbocycles. The molecular weight excluding hydrogens is 384 g/mol. The minimum Gasteiger partial charge on any atom is -0.376 e. The topological polar surface area (TPSA) is 53.4 Å². The maximum Gasteiger partial charge on any atom is 0.156 e. The van der Waals surface area contributed by atoms with Gasteiger partial charge in [-0.15, -0.1) is 0 Å². The molecule has 0 amide bonds. The fourth-order valence-corrected chi connectivity index (χ4v) is 5.07. The number of aromatic nitrogens is 1. The highest BCUT2D eigenvalue weighted by atomic mass is 16.3. The lowest BCUT2D eigenvalue weighted by molar-refractivity contribution is -0.114. The van der Waals surface area contributed by atoms with Gasteiger partial charge in [-0.2, -0.15) is 0 Å². The van der Waals surface area contributed by atoms with Gasteiger partial charge in [-0.3, -0.25) is 14.7 Å². The first-order valence-electron chi connectivity index (χ1n) is 11.3. The van der Waals surface area contributed by atoms with Gasteiger partial charge in [-0.25, -0.2) is 0 Å². The van der Waals surface area contributed by atoms with Crippen LogP contribution in [0.4, 0.5) is 0 Å². The predicted octanol–water partition coefficient (Wildman–Crippen LogP) is 3.62. The molecule has 2 aromatic rings. The number of fused-ring (bicyclic) bond motifs is 3. The van der Waals surface area contributed by atoms with E-state index in [9.17, 15) is 9.90 Å². The Morgan fingerprint density at radius 1 is 1.10 bits per heavy atom. The highest BCUT2D eigenvalue weighted by Gasteiger charge is 2.44. The van der Waals surface area contributed by atoms with Crippen LogP contribution in [0.15, 0.2) is 48.5 Å². The van der Waals surface area contributed by atoms with Gasteiger partial charge < -0.3 is 5.11 Å². The zero-order valence-corrected chi connectivity index (χ0v) is 17.8. The standard InChI is InChI=1S/C27H28N2O2/c30-24-8-4-7-22(18-24)25-10-9-21(26(28-25)17-20-5-2-1-3-6-20)11-14-27(31)19-29-15-12-23(27)13-16-29/h1-3,5-6,9-10,18,23,31H,4,7-8,12-13,15-17,19H2. The lowest BCUT2D eigenvalue weighted by Crippen LogP contribution is -2.58. The van der Waals surface area contributed by atoms with E-state index in [1.165, 1.54) is 5.56 Å². The van der Waals surface area contributed by atoms with Crippen LogP contribution in [0.2, 0.25) is 0 Å². The summed E-state index contributed by atoms with van der Waals surface area (Å²) < 4.78 is 0. The maximum absolute atomic E-state index is 11.9. The highest BCUT2D eigenvalue weighted by molar-refractivity contribution is 5.98. The molecule has 31 heavy (non-hydrogen) atoms. The Labute approximate surface area is 184 Å². The molecule has 4 heteroatoms. The number of aliphatic hydroxyl groups is 1. The molecule has 1 atom stereocenters. The number of carbonyl (C=O) groups excluding carboxylic acids is 1. The molecule has 4 nitrogen and oxygen atoms in total. The van der Waals surface area contributed by atoms with E-state index in [4.69, 9.17) is 4.98 Å². The molecule has 158 valence electrons. The second-order valence-corrected chi connectivity index (χ2v) is 9.07. The van der Waals surface area contributed by atoms with Crippen molar-refractivity contribution in [1.29, 1.82) is 0 Å². The summed E-state index contributed by atoms with van der Waals surface area (Å²) in [6.07, 6.45) is 6.84. The van der Waals surface area contributed by atoms with Crippen LogP contribution >= 0.6 is 0 Å². The number of benzene rings is 1. The molecule has 3 saturated heterocycles. The number of carbonyl (C=O) groups is 1. The molecule has 1 unspecified atom stereocenters. The van der Waals surface area contributed by atoms with E-state index in [0.29, 0.717) is 19.4 Å². The van der Waals surface area contributed by atoms with Gasteiger partial charge >= 0.3 is 0 Å². The lowest BCUT2D eigenvalue weighted by atomic mass is 9.75. The minimum atomic E-state index is -0.933. The van der Waals surface area contributed by atoms with Crippen molar-refractivity contribution in [2.24, 2.45) is 5.92 Å². The van der Waals surface area contributed by atoms with E-state index in [2.05, 4.69) is 28.9 Å². The Balaban J connectivity index is 1.50. The summed E-state index contributed by atoms with van der Waals surface area (Å²) in [4.78, 5) is 19.2. The number of nitrogens with zero attached hydrogens (tertiary/aromatic N) is 2. The van der Waals surface area contributed by atoms with Crippen molar-refractivity contribution in [3.8, 4) is 11.8 Å². The molecule has 4 aliphatic rings. The van der Waals surface area contributed by atoms with Crippen LogP contribution in [0.1, 0.15) is 54.6 Å². The summed E-state index contributed by atoms with van der Waals surface area (Å²) in [6.45, 7) is 2.77. The van der Waals surface area contributed by atoms with Crippen LogP contribution in [0.5, 0.6) is 0 Å². The molecule has 6 rings (SSSR count). The molecule has 3 fully saturated rings. The molecule has 4 heterocycles. The molecule has 1 N–H and O–H groups in total. The third kappa shape index (κ3) is 4.35. The normalized spacial score (nSPS) is 27.4. The van der Waals surface area contributed by atoms with Crippen LogP contribution in [0.25, 0.3) is 5.57 Å². The lowest BCUT2D eigenvalue weighted by Gasteiger charge is -2.47. The Kier molecular flexibility index (Phi) is 5.48. The van der Waals surface area contributed by atoms with Crippen molar-refractivity contribution in [3.05, 3.63) is 71.1 Å². The quantitative estimate of drug-likeness (QED) is 0.783. The zero-order valence-electron chi connectivity index (χ0n) is 17.8. The van der Waals surface area contributed by atoms with E-state index in [1.807, 2.05) is 30.3 Å². The van der Waals surface area contributed by atoms with E-state index >= 15 is 0 Å². The summed E-state index contributed by atoms with van der Waals surface area (Å²) in [5.41, 5.74) is 3.88. The summed E-state index contributed by atoms with van der Waals surface area (Å²) in [5.74, 6) is 6.96. The van der Waals surface area contributed by atoms with Crippen molar-refractivity contribution in [3.63, 3.8) is 0 Å². The average molecular weight is 413 g/mol. The van der Waals surface area contributed by atoms with Crippen molar-refractivity contribution in [2.75, 3.05) is 19.6 Å². The number of allylic oxidation sites excluding steroid dienone is 2. The van der Waals surface area contributed by atoms with Gasteiger partial charge in [-0.05, 0) is 68.1 Å². The van der Waals surface area contributed by atoms with Gasteiger partial charge in [0.1, 0.15) is 5.60 Å². The van der Waals surface area contributed by atoms with Crippen molar-refractivity contribution in [1.82, 2.24) is 9.88 Å². The first-order chi connectivity index (χ1) is 15.1. The number of piperidine rings is 3. The summed E-state index contributed by atoms with van der Waals surface area (Å²) in [5, 5.41) is 11.2. The van der Waals surface area contributed by atoms with Crippen LogP contribution in [0.3, 0.4) is 0 Å². The Bertz CT molecular complexity index is 1070. The van der Waals surface area contributed by atoms with Crippen molar-refractivity contribution >= 4 is 11.4 Å². The third-order valence-electron chi connectivity index (χ3n) is 6.86. The zero-order chi connectivity index (χ0) is 21.3. The summed E-state index contributed by atoms with van der Waals surface area (Å²) in [6, 6.07) is 14.2. The van der Waals surface area contributed by atoms with Crippen LogP contribution in [0, 0.1) is 17.8 Å². The first kappa shape index (κ1) is 20.2. The van der Waals surface area contributed by atoms with Gasteiger partial charge in [0, 0.05) is 30.9 Å². The van der Waals surface area contributed by atoms with Gasteiger partial charge in [0.2, 0.25) is 0 Å². The Hall–Kier alpha value is -2.74. The number of hydrogen-bond acceptors (Lipinski definition) is 4. The minimum absolute atomic E-state index is 0.182. The third-order valence-corrected chi connectivity index (χ3v) is 6.86. The largest absolute Gasteiger partial charge is 0.376 e. The number of hydrogen-bond donors (Lipinski definition) is 1. The predicted molar refractivity (Wildman–Crippen MR) is 121 cm³/mol. The Morgan fingerprint density at radius 2 is 1.90 bits per heavy atom. The summed E-state index contributed by atoms with van der Waals surface area (Å²) >= 11 is 0. The molecule has 0 saturated carbocycles. The SMILES string of the molecule is O=C1C=C(c2ccc(C#CC3(O)CN4CCC3CC4)c(Cc3ccccc3)n2)CCC1. The first-order valence-corrected chi connectivity index (χ1v) is 11.3. The number of ketones is 1. The van der Waals surface area contributed by atoms with Crippen LogP contribution < -0.4 is 0 Å². The fraction of sp³-hybridized carbons (Fsp3) is 0.407. The molecule has 3 aliphatic heterocycles. The average Bonchev–Trinajstić information content (AvgIpc) is 2.79. The van der Waals surface area contributed by atoms with Gasteiger partial charge in [0.15, 0.2) is 5.78 Å². The smallest absolute Gasteiger partial charge is 0.156 e. The van der Waals surface area contributed by atoms with Gasteiger partial charge in [0.25, 0.3) is 0 Å².